The van der Waals surface area contributed by atoms with E-state index in [1.807, 2.05) is 36.5 Å². The molecular weight excluding hydrogens is 571 g/mol. The molecule has 220 valence electrons. The van der Waals surface area contributed by atoms with E-state index in [4.69, 9.17) is 4.74 Å². The Kier molecular flexibility index (Phi) is 7.11. The highest BCUT2D eigenvalue weighted by atomic mass is 19.4. The van der Waals surface area contributed by atoms with E-state index in [2.05, 4.69) is 26.1 Å². The molecular formula is C32H24F3N7O2. The van der Waals surface area contributed by atoms with Gasteiger partial charge in [0.15, 0.2) is 5.60 Å². The lowest BCUT2D eigenvalue weighted by atomic mass is 9.83. The van der Waals surface area contributed by atoms with Crippen LogP contribution in [0.3, 0.4) is 0 Å². The van der Waals surface area contributed by atoms with Gasteiger partial charge in [0.25, 0.3) is 0 Å². The zero-order valence-electron chi connectivity index (χ0n) is 23.5. The zero-order valence-corrected chi connectivity index (χ0v) is 23.5. The maximum absolute atomic E-state index is 13.3. The summed E-state index contributed by atoms with van der Waals surface area (Å²) in [5.74, 6) is 0.284. The highest BCUT2D eigenvalue weighted by molar-refractivity contribution is 5.88. The number of ether oxygens (including phenoxy) is 1. The van der Waals surface area contributed by atoms with E-state index in [-0.39, 0.29) is 22.7 Å². The highest BCUT2D eigenvalue weighted by Crippen LogP contribution is 2.40. The number of halogens is 3. The summed E-state index contributed by atoms with van der Waals surface area (Å²) in [6, 6.07) is 18.7. The van der Waals surface area contributed by atoms with Crippen molar-refractivity contribution in [3.8, 4) is 17.6 Å². The number of methoxy groups -OCH3 is 1. The number of imidazole rings is 1. The van der Waals surface area contributed by atoms with Crippen molar-refractivity contribution in [3.05, 3.63) is 131 Å². The molecule has 4 aromatic heterocycles. The van der Waals surface area contributed by atoms with Crippen LogP contribution in [-0.4, -0.2) is 41.5 Å². The lowest BCUT2D eigenvalue weighted by Gasteiger charge is -2.30. The second kappa shape index (κ2) is 10.9. The monoisotopic (exact) mass is 595 g/mol. The second-order valence-electron chi connectivity index (χ2n) is 10.1. The van der Waals surface area contributed by atoms with E-state index >= 15 is 0 Å². The first-order valence-corrected chi connectivity index (χ1v) is 13.4. The first-order valence-electron chi connectivity index (χ1n) is 13.4. The number of aromatic nitrogens is 6. The van der Waals surface area contributed by atoms with Gasteiger partial charge in [-0.2, -0.15) is 23.5 Å². The fourth-order valence-corrected chi connectivity index (χ4v) is 5.30. The Labute approximate surface area is 249 Å². The van der Waals surface area contributed by atoms with Gasteiger partial charge in [0.05, 0.1) is 42.1 Å². The number of aliphatic hydroxyl groups is 1. The summed E-state index contributed by atoms with van der Waals surface area (Å²) in [6.45, 7) is 0. The predicted molar refractivity (Wildman–Crippen MR) is 154 cm³/mol. The van der Waals surface area contributed by atoms with Gasteiger partial charge in [0.2, 0.25) is 5.88 Å². The third-order valence-corrected chi connectivity index (χ3v) is 7.52. The summed E-state index contributed by atoms with van der Waals surface area (Å²) < 4.78 is 48.7. The van der Waals surface area contributed by atoms with Crippen molar-refractivity contribution in [2.75, 3.05) is 7.11 Å². The molecule has 0 radical (unpaired) electrons. The maximum Gasteiger partial charge on any atom is 0.433 e. The van der Waals surface area contributed by atoms with E-state index in [1.54, 1.807) is 40.7 Å². The number of nitriles is 1. The highest BCUT2D eigenvalue weighted by Gasteiger charge is 2.39. The van der Waals surface area contributed by atoms with Gasteiger partial charge in [-0.3, -0.25) is 4.98 Å². The van der Waals surface area contributed by atoms with Gasteiger partial charge in [-0.05, 0) is 47.5 Å². The number of aryl methyl sites for hydroxylation is 1. The average Bonchev–Trinajstić information content (AvgIpc) is 3.73. The van der Waals surface area contributed by atoms with E-state index in [9.17, 15) is 23.5 Å². The molecule has 0 bridgehead atoms. The second-order valence-corrected chi connectivity index (χ2v) is 10.1. The molecule has 0 aliphatic heterocycles. The van der Waals surface area contributed by atoms with Gasteiger partial charge in [0, 0.05) is 48.6 Å². The van der Waals surface area contributed by atoms with Crippen molar-refractivity contribution in [3.63, 3.8) is 0 Å². The van der Waals surface area contributed by atoms with Gasteiger partial charge in [-0.25, -0.2) is 14.6 Å². The van der Waals surface area contributed by atoms with Crippen LogP contribution in [-0.2, 0) is 25.2 Å². The van der Waals surface area contributed by atoms with Crippen LogP contribution in [0.5, 0.6) is 5.88 Å². The molecule has 0 aliphatic carbocycles. The molecule has 1 N–H and O–H groups in total. The van der Waals surface area contributed by atoms with Crippen LogP contribution in [0.25, 0.3) is 16.6 Å². The van der Waals surface area contributed by atoms with Gasteiger partial charge < -0.3 is 14.4 Å². The molecule has 0 saturated carbocycles. The fraction of sp³-hybridized carbons (Fsp3) is 0.156. The molecule has 4 heterocycles. The summed E-state index contributed by atoms with van der Waals surface area (Å²) in [7, 11) is 3.14. The zero-order chi connectivity index (χ0) is 31.1. The van der Waals surface area contributed by atoms with Crippen molar-refractivity contribution in [2.24, 2.45) is 7.05 Å². The number of nitrogens with zero attached hydrogens (tertiary/aromatic N) is 7. The number of fused-ring (bicyclic) bond motifs is 1. The topological polar surface area (TPSA) is 115 Å². The van der Waals surface area contributed by atoms with Crippen molar-refractivity contribution >= 4 is 10.9 Å². The molecule has 0 amide bonds. The molecule has 0 saturated heterocycles. The quantitative estimate of drug-likeness (QED) is 0.266. The number of pyridine rings is 2. The summed E-state index contributed by atoms with van der Waals surface area (Å²) in [5.41, 5.74) is 0.667. The van der Waals surface area contributed by atoms with Crippen LogP contribution >= 0.6 is 0 Å². The molecule has 44 heavy (non-hydrogen) atoms. The Bertz CT molecular complexity index is 2000. The van der Waals surface area contributed by atoms with Crippen LogP contribution in [0, 0.1) is 11.3 Å². The molecule has 0 aliphatic rings. The summed E-state index contributed by atoms with van der Waals surface area (Å²) in [5, 5.41) is 27.4. The molecule has 0 fully saturated rings. The molecule has 0 spiro atoms. The standard InChI is InChI=1S/C32H24F3N7O2/c1-41-19-37-18-29(41)31(43,22-7-11-28(38-17-22)32(33,34)35)21-6-10-27-24(15-21)26(16-36)25(30(40-27)44-2)14-20-4-8-23(9-5-20)42-13-3-12-39-42/h3-13,15,17-19,43H,14H2,1-2H3. The van der Waals surface area contributed by atoms with Gasteiger partial charge in [-0.1, -0.05) is 24.3 Å². The Morgan fingerprint density at radius 1 is 1.02 bits per heavy atom. The summed E-state index contributed by atoms with van der Waals surface area (Å²) in [4.78, 5) is 12.3. The van der Waals surface area contributed by atoms with Crippen LogP contribution < -0.4 is 4.74 Å². The van der Waals surface area contributed by atoms with Crippen molar-refractivity contribution in [1.82, 2.24) is 29.3 Å². The molecule has 12 heteroatoms. The number of benzene rings is 2. The molecule has 6 rings (SSSR count). The van der Waals surface area contributed by atoms with Crippen molar-refractivity contribution in [1.29, 1.82) is 5.26 Å². The average molecular weight is 596 g/mol. The first-order chi connectivity index (χ1) is 21.1. The van der Waals surface area contributed by atoms with E-state index < -0.39 is 17.5 Å². The Morgan fingerprint density at radius 2 is 1.80 bits per heavy atom. The SMILES string of the molecule is COc1nc2ccc(C(O)(c3ccc(C(F)(F)F)nc3)c3cncn3C)cc2c(C#N)c1Cc1ccc(-n2cccn2)cc1. The largest absolute Gasteiger partial charge is 0.481 e. The third kappa shape index (κ3) is 4.93. The predicted octanol–water partition coefficient (Wildman–Crippen LogP) is 5.32. The smallest absolute Gasteiger partial charge is 0.433 e. The number of alkyl halides is 3. The summed E-state index contributed by atoms with van der Waals surface area (Å²) >= 11 is 0. The van der Waals surface area contributed by atoms with Crippen LogP contribution in [0.2, 0.25) is 0 Å². The lowest BCUT2D eigenvalue weighted by Crippen LogP contribution is -2.31. The van der Waals surface area contributed by atoms with Crippen LogP contribution in [0.4, 0.5) is 13.2 Å². The van der Waals surface area contributed by atoms with Gasteiger partial charge >= 0.3 is 6.18 Å². The Morgan fingerprint density at radius 3 is 2.39 bits per heavy atom. The molecule has 1 atom stereocenters. The number of hydrogen-bond acceptors (Lipinski definition) is 7. The lowest BCUT2D eigenvalue weighted by molar-refractivity contribution is -0.141. The van der Waals surface area contributed by atoms with Crippen LogP contribution in [0.1, 0.15) is 39.2 Å². The van der Waals surface area contributed by atoms with E-state index in [0.717, 1.165) is 23.5 Å². The minimum Gasteiger partial charge on any atom is -0.481 e. The molecule has 2 aromatic carbocycles. The van der Waals surface area contributed by atoms with E-state index in [1.165, 1.54) is 25.7 Å². The minimum atomic E-state index is -4.64. The van der Waals surface area contributed by atoms with Crippen LogP contribution in [0.15, 0.2) is 91.8 Å². The van der Waals surface area contributed by atoms with Crippen molar-refractivity contribution < 1.29 is 23.0 Å². The maximum atomic E-state index is 13.3. The molecule has 9 nitrogen and oxygen atoms in total. The van der Waals surface area contributed by atoms with Gasteiger partial charge in [-0.15, -0.1) is 0 Å². The first kappa shape index (κ1) is 28.6. The molecule has 1 unspecified atom stereocenters. The fourth-order valence-electron chi connectivity index (χ4n) is 5.30. The third-order valence-electron chi connectivity index (χ3n) is 7.52. The molecule has 6 aromatic rings. The number of rotatable bonds is 7. The Balaban J connectivity index is 1.49. The minimum absolute atomic E-state index is 0.0888. The normalized spacial score (nSPS) is 13.0. The number of hydrogen-bond donors (Lipinski definition) is 1. The van der Waals surface area contributed by atoms with Gasteiger partial charge in [0.1, 0.15) is 11.8 Å². The summed E-state index contributed by atoms with van der Waals surface area (Å²) in [6.07, 6.45) is 3.11. The Hall–Kier alpha value is -5.54. The van der Waals surface area contributed by atoms with E-state index in [0.29, 0.717) is 28.5 Å². The van der Waals surface area contributed by atoms with Crippen molar-refractivity contribution in [2.45, 2.75) is 18.2 Å².